The molecule has 0 aliphatic carbocycles. The quantitative estimate of drug-likeness (QED) is 0.762. The number of carboxylic acid groups (broad SMARTS) is 1. The summed E-state index contributed by atoms with van der Waals surface area (Å²) in [5.41, 5.74) is 2.12. The van der Waals surface area contributed by atoms with Crippen molar-refractivity contribution in [1.82, 2.24) is 10.6 Å². The number of hydrogen-bond acceptors (Lipinski definition) is 2. The number of rotatable bonds is 4. The first-order chi connectivity index (χ1) is 8.40. The van der Waals surface area contributed by atoms with Crippen molar-refractivity contribution < 1.29 is 14.7 Å². The summed E-state index contributed by atoms with van der Waals surface area (Å²) >= 11 is 0. The van der Waals surface area contributed by atoms with Crippen LogP contribution in [0.3, 0.4) is 0 Å². The van der Waals surface area contributed by atoms with E-state index in [1.807, 2.05) is 38.1 Å². The molecule has 0 aromatic heterocycles. The number of carbonyl (C=O) groups excluding carboxylic acids is 1. The van der Waals surface area contributed by atoms with Crippen LogP contribution in [0.15, 0.2) is 24.3 Å². The zero-order chi connectivity index (χ0) is 13.7. The van der Waals surface area contributed by atoms with Gasteiger partial charge in [-0.3, -0.25) is 4.79 Å². The lowest BCUT2D eigenvalue weighted by Crippen LogP contribution is -2.45. The van der Waals surface area contributed by atoms with Crippen LogP contribution in [0.5, 0.6) is 0 Å². The third-order valence-electron chi connectivity index (χ3n) is 2.64. The molecule has 1 aromatic carbocycles. The molecule has 2 amide bonds. The molecule has 3 N–H and O–H groups in total. The molecule has 5 nitrogen and oxygen atoms in total. The zero-order valence-corrected chi connectivity index (χ0v) is 10.7. The van der Waals surface area contributed by atoms with Crippen LogP contribution in [0.25, 0.3) is 0 Å². The number of nitrogens with one attached hydrogen (secondary N) is 2. The van der Waals surface area contributed by atoms with E-state index in [0.29, 0.717) is 0 Å². The summed E-state index contributed by atoms with van der Waals surface area (Å²) in [5, 5.41) is 13.7. The molecule has 0 bridgehead atoms. The minimum absolute atomic E-state index is 0.174. The molecule has 1 aromatic rings. The summed E-state index contributed by atoms with van der Waals surface area (Å²) in [6.07, 6.45) is 0. The Morgan fingerprint density at radius 1 is 1.11 bits per heavy atom. The van der Waals surface area contributed by atoms with E-state index in [-0.39, 0.29) is 6.04 Å². The molecular weight excluding hydrogens is 232 g/mol. The van der Waals surface area contributed by atoms with E-state index >= 15 is 0 Å². The van der Waals surface area contributed by atoms with E-state index in [1.54, 1.807) is 0 Å². The number of carbonyl (C=O) groups is 2. The topological polar surface area (TPSA) is 78.4 Å². The van der Waals surface area contributed by atoms with Gasteiger partial charge in [0.1, 0.15) is 6.04 Å². The van der Waals surface area contributed by atoms with Gasteiger partial charge in [0, 0.05) is 0 Å². The predicted octanol–water partition coefficient (Wildman–Crippen LogP) is 1.83. The van der Waals surface area contributed by atoms with Crippen LogP contribution in [0, 0.1) is 6.92 Å². The number of aryl methyl sites for hydroxylation is 1. The summed E-state index contributed by atoms with van der Waals surface area (Å²) in [6.45, 7) is 5.25. The second-order valence-corrected chi connectivity index (χ2v) is 4.31. The molecule has 0 spiro atoms. The van der Waals surface area contributed by atoms with E-state index in [2.05, 4.69) is 10.6 Å². The van der Waals surface area contributed by atoms with Gasteiger partial charge in [0.25, 0.3) is 0 Å². The zero-order valence-electron chi connectivity index (χ0n) is 10.7. The summed E-state index contributed by atoms with van der Waals surface area (Å²) in [5.74, 6) is -1.06. The lowest BCUT2D eigenvalue weighted by atomic mass is 10.1. The predicted molar refractivity (Wildman–Crippen MR) is 68.4 cm³/mol. The lowest BCUT2D eigenvalue weighted by molar-refractivity contribution is -0.138. The van der Waals surface area contributed by atoms with Gasteiger partial charge in [-0.2, -0.15) is 0 Å². The standard InChI is InChI=1S/C13H18N2O3/c1-8-4-6-11(7-5-8)9(2)14-13(18)15-10(3)12(16)17/h4-7,9-10H,1-3H3,(H,16,17)(H2,14,15,18)/t9?,10-/m0/s1. The molecule has 0 radical (unpaired) electrons. The number of urea groups is 1. The molecule has 0 fully saturated rings. The third kappa shape index (κ3) is 4.08. The molecule has 2 atom stereocenters. The Balaban J connectivity index is 2.54. The minimum atomic E-state index is -1.06. The van der Waals surface area contributed by atoms with Crippen molar-refractivity contribution in [1.29, 1.82) is 0 Å². The number of amides is 2. The Morgan fingerprint density at radius 3 is 2.17 bits per heavy atom. The molecule has 0 saturated carbocycles. The van der Waals surface area contributed by atoms with Gasteiger partial charge in [-0.1, -0.05) is 29.8 Å². The highest BCUT2D eigenvalue weighted by Crippen LogP contribution is 2.12. The Bertz CT molecular complexity index is 428. The van der Waals surface area contributed by atoms with Crippen LogP contribution in [0.1, 0.15) is 31.0 Å². The highest BCUT2D eigenvalue weighted by atomic mass is 16.4. The van der Waals surface area contributed by atoms with Crippen LogP contribution < -0.4 is 10.6 Å². The molecule has 0 saturated heterocycles. The fraction of sp³-hybridized carbons (Fsp3) is 0.385. The van der Waals surface area contributed by atoms with Crippen LogP contribution in [0.2, 0.25) is 0 Å². The Labute approximate surface area is 106 Å². The Hall–Kier alpha value is -2.04. The van der Waals surface area contributed by atoms with Crippen LogP contribution in [-0.4, -0.2) is 23.1 Å². The van der Waals surface area contributed by atoms with Crippen molar-refractivity contribution in [3.8, 4) is 0 Å². The van der Waals surface area contributed by atoms with E-state index in [4.69, 9.17) is 5.11 Å². The molecule has 1 rings (SSSR count). The van der Waals surface area contributed by atoms with Gasteiger partial charge in [-0.05, 0) is 26.3 Å². The van der Waals surface area contributed by atoms with Crippen molar-refractivity contribution >= 4 is 12.0 Å². The molecule has 5 heteroatoms. The molecule has 98 valence electrons. The Morgan fingerprint density at radius 2 is 1.67 bits per heavy atom. The van der Waals surface area contributed by atoms with Crippen LogP contribution >= 0.6 is 0 Å². The maximum Gasteiger partial charge on any atom is 0.325 e. The average molecular weight is 250 g/mol. The third-order valence-corrected chi connectivity index (χ3v) is 2.64. The number of aliphatic carboxylic acids is 1. The average Bonchev–Trinajstić information content (AvgIpc) is 2.29. The van der Waals surface area contributed by atoms with Crippen molar-refractivity contribution in [2.75, 3.05) is 0 Å². The van der Waals surface area contributed by atoms with E-state index < -0.39 is 18.0 Å². The fourth-order valence-electron chi connectivity index (χ4n) is 1.44. The van der Waals surface area contributed by atoms with Crippen molar-refractivity contribution in [3.05, 3.63) is 35.4 Å². The summed E-state index contributed by atoms with van der Waals surface area (Å²) < 4.78 is 0. The first-order valence-corrected chi connectivity index (χ1v) is 5.76. The van der Waals surface area contributed by atoms with Gasteiger partial charge in [0.2, 0.25) is 0 Å². The summed E-state index contributed by atoms with van der Waals surface area (Å²) in [4.78, 5) is 22.1. The van der Waals surface area contributed by atoms with Gasteiger partial charge in [-0.15, -0.1) is 0 Å². The van der Waals surface area contributed by atoms with Gasteiger partial charge >= 0.3 is 12.0 Å². The maximum absolute atomic E-state index is 11.5. The molecule has 18 heavy (non-hydrogen) atoms. The normalized spacial score (nSPS) is 13.5. The van der Waals surface area contributed by atoms with Gasteiger partial charge in [-0.25, -0.2) is 4.79 Å². The maximum atomic E-state index is 11.5. The highest BCUT2D eigenvalue weighted by molar-refractivity contribution is 5.82. The summed E-state index contributed by atoms with van der Waals surface area (Å²) in [7, 11) is 0. The molecular formula is C13H18N2O3. The van der Waals surface area contributed by atoms with Gasteiger partial charge < -0.3 is 15.7 Å². The van der Waals surface area contributed by atoms with Gasteiger partial charge in [0.05, 0.1) is 6.04 Å². The van der Waals surface area contributed by atoms with Gasteiger partial charge in [0.15, 0.2) is 0 Å². The second-order valence-electron chi connectivity index (χ2n) is 4.31. The van der Waals surface area contributed by atoms with E-state index in [9.17, 15) is 9.59 Å². The van der Waals surface area contributed by atoms with E-state index in [1.165, 1.54) is 6.92 Å². The SMILES string of the molecule is Cc1ccc(C(C)NC(=O)N[C@@H](C)C(=O)O)cc1. The molecule has 0 aliphatic rings. The largest absolute Gasteiger partial charge is 0.480 e. The molecule has 0 heterocycles. The number of hydrogen-bond donors (Lipinski definition) is 3. The first kappa shape index (κ1) is 14.0. The Kier molecular flexibility index (Phi) is 4.71. The molecule has 1 unspecified atom stereocenters. The van der Waals surface area contributed by atoms with Crippen molar-refractivity contribution in [2.45, 2.75) is 32.9 Å². The minimum Gasteiger partial charge on any atom is -0.480 e. The monoisotopic (exact) mass is 250 g/mol. The lowest BCUT2D eigenvalue weighted by Gasteiger charge is -2.16. The number of benzene rings is 1. The number of carboxylic acids is 1. The highest BCUT2D eigenvalue weighted by Gasteiger charge is 2.15. The van der Waals surface area contributed by atoms with Crippen molar-refractivity contribution in [3.63, 3.8) is 0 Å². The van der Waals surface area contributed by atoms with Crippen molar-refractivity contribution in [2.24, 2.45) is 0 Å². The van der Waals surface area contributed by atoms with E-state index in [0.717, 1.165) is 11.1 Å². The second kappa shape index (κ2) is 6.05. The molecule has 0 aliphatic heterocycles. The smallest absolute Gasteiger partial charge is 0.325 e. The van der Waals surface area contributed by atoms with Crippen LogP contribution in [-0.2, 0) is 4.79 Å². The summed E-state index contributed by atoms with van der Waals surface area (Å²) in [6, 6.07) is 6.22. The first-order valence-electron chi connectivity index (χ1n) is 5.76. The van der Waals surface area contributed by atoms with Crippen LogP contribution in [0.4, 0.5) is 4.79 Å². The fourth-order valence-corrected chi connectivity index (χ4v) is 1.44.